The molecule has 1 aromatic carbocycles. The minimum absolute atomic E-state index is 0.0706. The molecule has 2 aromatic rings. The van der Waals surface area contributed by atoms with E-state index >= 15 is 0 Å². The lowest BCUT2D eigenvalue weighted by molar-refractivity contribution is -0.123. The van der Waals surface area contributed by atoms with Crippen molar-refractivity contribution in [3.8, 4) is 5.88 Å². The highest BCUT2D eigenvalue weighted by Gasteiger charge is 2.23. The second kappa shape index (κ2) is 11.9. The van der Waals surface area contributed by atoms with Gasteiger partial charge in [-0.25, -0.2) is 13.6 Å². The molecule has 0 aliphatic rings. The second-order valence-electron chi connectivity index (χ2n) is 7.11. The number of carbonyl (C=O) groups is 3. The molecule has 1 unspecified atom stereocenters. The summed E-state index contributed by atoms with van der Waals surface area (Å²) >= 11 is 3.63. The lowest BCUT2D eigenvalue weighted by atomic mass is 10.2. The van der Waals surface area contributed by atoms with Gasteiger partial charge in [-0.2, -0.15) is 4.37 Å². The molecule has 0 aliphatic heterocycles. The molecule has 4 amide bonds. The Bertz CT molecular complexity index is 1010. The van der Waals surface area contributed by atoms with E-state index in [0.29, 0.717) is 11.5 Å². The fourth-order valence-electron chi connectivity index (χ4n) is 2.55. The third kappa shape index (κ3) is 7.91. The molecule has 14 heteroatoms. The Hall–Kier alpha value is -2.84. The van der Waals surface area contributed by atoms with E-state index in [1.165, 1.54) is 0 Å². The molecule has 0 fully saturated rings. The zero-order valence-corrected chi connectivity index (χ0v) is 20.0. The quantitative estimate of drug-likeness (QED) is 0.306. The summed E-state index contributed by atoms with van der Waals surface area (Å²) in [5, 5.41) is 17.1. The van der Waals surface area contributed by atoms with Crippen LogP contribution in [0.2, 0.25) is 0 Å². The van der Waals surface area contributed by atoms with Crippen molar-refractivity contribution in [3.05, 3.63) is 39.4 Å². The molecule has 1 atom stereocenters. The van der Waals surface area contributed by atoms with Crippen LogP contribution in [0, 0.1) is 11.6 Å². The number of hydrogen-bond donors (Lipinski definition) is 5. The van der Waals surface area contributed by atoms with Crippen LogP contribution >= 0.6 is 27.5 Å². The van der Waals surface area contributed by atoms with Crippen LogP contribution in [0.25, 0.3) is 0 Å². The number of carbonyl (C=O) groups excluding carboxylic acids is 3. The normalized spacial score (nSPS) is 11.7. The van der Waals surface area contributed by atoms with E-state index in [0.717, 1.165) is 12.1 Å². The van der Waals surface area contributed by atoms with Crippen LogP contribution in [-0.2, 0) is 11.4 Å². The maximum atomic E-state index is 14.0. The molecule has 0 bridgehead atoms. The Morgan fingerprint density at radius 2 is 1.91 bits per heavy atom. The first-order valence-electron chi connectivity index (χ1n) is 9.55. The molecular weight excluding hydrogens is 528 g/mol. The van der Waals surface area contributed by atoms with E-state index in [4.69, 9.17) is 10.5 Å². The number of aliphatic hydroxyl groups is 1. The van der Waals surface area contributed by atoms with Crippen LogP contribution in [0.3, 0.4) is 0 Å². The predicted octanol–water partition coefficient (Wildman–Crippen LogP) is 2.26. The van der Waals surface area contributed by atoms with Gasteiger partial charge in [-0.15, -0.1) is 0 Å². The zero-order valence-electron chi connectivity index (χ0n) is 17.6. The summed E-state index contributed by atoms with van der Waals surface area (Å²) in [7, 11) is 0. The van der Waals surface area contributed by atoms with Crippen molar-refractivity contribution in [2.45, 2.75) is 39.0 Å². The van der Waals surface area contributed by atoms with Crippen molar-refractivity contribution in [2.24, 2.45) is 5.73 Å². The number of aliphatic hydroxyl groups excluding tert-OH is 1. The van der Waals surface area contributed by atoms with Crippen molar-refractivity contribution in [2.75, 3.05) is 11.9 Å². The Morgan fingerprint density at radius 3 is 2.48 bits per heavy atom. The number of amides is 4. The van der Waals surface area contributed by atoms with E-state index in [1.807, 2.05) is 0 Å². The van der Waals surface area contributed by atoms with Gasteiger partial charge in [0.25, 0.3) is 5.91 Å². The number of anilines is 1. The van der Waals surface area contributed by atoms with Crippen LogP contribution in [0.4, 0.5) is 18.6 Å². The molecule has 0 radical (unpaired) electrons. The fraction of sp³-hybridized carbons (Fsp3) is 0.368. The molecule has 1 aromatic heterocycles. The molecule has 0 spiro atoms. The van der Waals surface area contributed by atoms with E-state index in [1.54, 1.807) is 13.8 Å². The van der Waals surface area contributed by atoms with Gasteiger partial charge in [-0.3, -0.25) is 14.9 Å². The van der Waals surface area contributed by atoms with Gasteiger partial charge in [-0.1, -0.05) is 15.9 Å². The summed E-state index contributed by atoms with van der Waals surface area (Å²) in [6, 6.07) is 1.21. The van der Waals surface area contributed by atoms with E-state index in [9.17, 15) is 28.3 Å². The standard InChI is InChI=1S/C19H22BrF2N5O5S/c1-8(2)25-14(29)5-10(28)6-24-19(31)26-18-15(16(23)30)17(27-33-18)32-7-11-12(21)3-9(20)4-13(11)22/h3-4,8,10,28H,5-7H2,1-2H3,(H2,23,30)(H,25,29)(H2,24,26,31). The fourth-order valence-corrected chi connectivity index (χ4v) is 3.69. The number of halogens is 3. The maximum absolute atomic E-state index is 14.0. The largest absolute Gasteiger partial charge is 0.471 e. The lowest BCUT2D eigenvalue weighted by Crippen LogP contribution is -2.39. The first kappa shape index (κ1) is 26.4. The molecular formula is C19H22BrF2N5O5S. The molecule has 0 aliphatic carbocycles. The number of nitrogens with zero attached hydrogens (tertiary/aromatic N) is 1. The zero-order chi connectivity index (χ0) is 24.7. The summed E-state index contributed by atoms with van der Waals surface area (Å²) in [6.45, 7) is 2.72. The Balaban J connectivity index is 1.99. The third-order valence-electron chi connectivity index (χ3n) is 3.96. The number of hydrogen-bond acceptors (Lipinski definition) is 7. The van der Waals surface area contributed by atoms with Crippen molar-refractivity contribution >= 4 is 50.3 Å². The number of nitrogens with one attached hydrogen (secondary N) is 3. The monoisotopic (exact) mass is 549 g/mol. The number of urea groups is 1. The lowest BCUT2D eigenvalue weighted by Gasteiger charge is -2.14. The first-order chi connectivity index (χ1) is 15.5. The van der Waals surface area contributed by atoms with Crippen LogP contribution < -0.4 is 26.4 Å². The Labute approximate surface area is 200 Å². The molecule has 6 N–H and O–H groups in total. The predicted molar refractivity (Wildman–Crippen MR) is 120 cm³/mol. The number of benzene rings is 1. The highest BCUT2D eigenvalue weighted by atomic mass is 79.9. The maximum Gasteiger partial charge on any atom is 0.320 e. The summed E-state index contributed by atoms with van der Waals surface area (Å²) in [5.41, 5.74) is 4.67. The Kier molecular flexibility index (Phi) is 9.49. The minimum Gasteiger partial charge on any atom is -0.471 e. The molecule has 2 rings (SSSR count). The van der Waals surface area contributed by atoms with Crippen molar-refractivity contribution in [1.82, 2.24) is 15.0 Å². The highest BCUT2D eigenvalue weighted by Crippen LogP contribution is 2.31. The number of aromatic nitrogens is 1. The van der Waals surface area contributed by atoms with E-state index < -0.39 is 36.3 Å². The Morgan fingerprint density at radius 1 is 1.27 bits per heavy atom. The van der Waals surface area contributed by atoms with Crippen molar-refractivity contribution in [1.29, 1.82) is 0 Å². The van der Waals surface area contributed by atoms with Crippen molar-refractivity contribution < 1.29 is 33.0 Å². The average Bonchev–Trinajstić information content (AvgIpc) is 3.07. The van der Waals surface area contributed by atoms with Crippen LogP contribution in [-0.4, -0.2) is 46.0 Å². The summed E-state index contributed by atoms with van der Waals surface area (Å²) < 4.78 is 37.3. The van der Waals surface area contributed by atoms with E-state index in [2.05, 4.69) is 36.3 Å². The van der Waals surface area contributed by atoms with Gasteiger partial charge in [0.1, 0.15) is 28.8 Å². The van der Waals surface area contributed by atoms with Crippen LogP contribution in [0.1, 0.15) is 36.2 Å². The molecule has 10 nitrogen and oxygen atoms in total. The number of primary amides is 1. The molecule has 33 heavy (non-hydrogen) atoms. The number of ether oxygens (including phenoxy) is 1. The first-order valence-corrected chi connectivity index (χ1v) is 11.1. The van der Waals surface area contributed by atoms with Crippen molar-refractivity contribution in [3.63, 3.8) is 0 Å². The highest BCUT2D eigenvalue weighted by molar-refractivity contribution is 9.10. The smallest absolute Gasteiger partial charge is 0.320 e. The molecule has 0 saturated carbocycles. The molecule has 180 valence electrons. The van der Waals surface area contributed by atoms with Crippen LogP contribution in [0.5, 0.6) is 5.88 Å². The number of nitrogens with two attached hydrogens (primary N) is 1. The summed E-state index contributed by atoms with van der Waals surface area (Å²) in [5.74, 6) is -3.41. The molecule has 1 heterocycles. The minimum atomic E-state index is -1.14. The van der Waals surface area contributed by atoms with Gasteiger partial charge in [-0.05, 0) is 37.5 Å². The second-order valence-corrected chi connectivity index (χ2v) is 8.80. The van der Waals surface area contributed by atoms with Gasteiger partial charge < -0.3 is 26.2 Å². The topological polar surface area (TPSA) is 156 Å². The molecule has 0 saturated heterocycles. The summed E-state index contributed by atoms with van der Waals surface area (Å²) in [6.07, 6.45) is -1.35. The van der Waals surface area contributed by atoms with Gasteiger partial charge in [0.2, 0.25) is 11.8 Å². The van der Waals surface area contributed by atoms with E-state index in [-0.39, 0.29) is 51.4 Å². The third-order valence-corrected chi connectivity index (χ3v) is 5.17. The summed E-state index contributed by atoms with van der Waals surface area (Å²) in [4.78, 5) is 35.6. The van der Waals surface area contributed by atoms with Gasteiger partial charge in [0.15, 0.2) is 0 Å². The van der Waals surface area contributed by atoms with Gasteiger partial charge in [0, 0.05) is 17.1 Å². The average molecular weight is 550 g/mol. The van der Waals surface area contributed by atoms with Gasteiger partial charge in [0.05, 0.1) is 18.1 Å². The SMILES string of the molecule is CC(C)NC(=O)CC(O)CNC(=O)Nc1snc(OCc2c(F)cc(Br)cc2F)c1C(N)=O. The number of rotatable bonds is 10. The van der Waals surface area contributed by atoms with Crippen LogP contribution in [0.15, 0.2) is 16.6 Å². The van der Waals surface area contributed by atoms with Gasteiger partial charge >= 0.3 is 6.03 Å².